The quantitative estimate of drug-likeness (QED) is 0.328. The molecule has 0 amide bonds. The summed E-state index contributed by atoms with van der Waals surface area (Å²) in [5.74, 6) is 0. The molecule has 0 aromatic carbocycles. The Morgan fingerprint density at radius 2 is 2.42 bits per heavy atom. The summed E-state index contributed by atoms with van der Waals surface area (Å²) in [6, 6.07) is 0. The molecule has 1 rings (SSSR count). The maximum absolute atomic E-state index is 4.35. The van der Waals surface area contributed by atoms with Gasteiger partial charge in [0.15, 0.2) is 0 Å². The van der Waals surface area contributed by atoms with Crippen LogP contribution in [0.4, 0.5) is 0 Å². The molecular formula is C9H12INS. The van der Waals surface area contributed by atoms with E-state index in [2.05, 4.69) is 59.6 Å². The summed E-state index contributed by atoms with van der Waals surface area (Å²) in [5, 5.41) is 3.32. The van der Waals surface area contributed by atoms with Crippen LogP contribution in [-0.2, 0) is 0 Å². The molecule has 1 nitrogen and oxygen atoms in total. The van der Waals surface area contributed by atoms with E-state index < -0.39 is 0 Å². The number of alkyl halides is 1. The number of rotatable bonds is 1. The second kappa shape index (κ2) is 4.37. The third kappa shape index (κ3) is 2.55. The van der Waals surface area contributed by atoms with Crippen LogP contribution in [-0.4, -0.2) is 4.05 Å². The second-order valence-electron chi connectivity index (χ2n) is 2.69. The molecule has 12 heavy (non-hydrogen) atoms. The number of allylic oxidation sites excluding steroid dienone is 3. The summed E-state index contributed by atoms with van der Waals surface area (Å²) in [5.41, 5.74) is 2.40. The van der Waals surface area contributed by atoms with Crippen molar-refractivity contribution < 1.29 is 0 Å². The minimum absolute atomic E-state index is 0.379. The molecule has 1 heterocycles. The van der Waals surface area contributed by atoms with Gasteiger partial charge in [-0.2, -0.15) is 0 Å². The molecule has 0 radical (unpaired) electrons. The van der Waals surface area contributed by atoms with Gasteiger partial charge in [0.25, 0.3) is 0 Å². The predicted octanol–water partition coefficient (Wildman–Crippen LogP) is 3.01. The molecular weight excluding hydrogens is 281 g/mol. The summed E-state index contributed by atoms with van der Waals surface area (Å²) < 4.78 is 0.379. The predicted molar refractivity (Wildman–Crippen MR) is 65.5 cm³/mol. The van der Waals surface area contributed by atoms with Gasteiger partial charge in [-0.25, -0.2) is 0 Å². The Kier molecular flexibility index (Phi) is 3.71. The fourth-order valence-electron chi connectivity index (χ4n) is 1.04. The van der Waals surface area contributed by atoms with E-state index in [9.17, 15) is 0 Å². The molecule has 1 aliphatic heterocycles. The zero-order valence-electron chi connectivity index (χ0n) is 7.13. The summed E-state index contributed by atoms with van der Waals surface area (Å²) in [6.45, 7) is 4.09. The van der Waals surface area contributed by atoms with Crippen molar-refractivity contribution in [2.24, 2.45) is 0 Å². The van der Waals surface area contributed by atoms with Crippen molar-refractivity contribution in [3.05, 3.63) is 34.4 Å². The summed E-state index contributed by atoms with van der Waals surface area (Å²) in [6.07, 6.45) is 6.28. The van der Waals surface area contributed by atoms with Crippen LogP contribution in [0.2, 0.25) is 0 Å². The van der Waals surface area contributed by atoms with Crippen LogP contribution >= 0.6 is 35.2 Å². The van der Waals surface area contributed by atoms with Gasteiger partial charge in [0.2, 0.25) is 0 Å². The van der Waals surface area contributed by atoms with E-state index in [1.54, 1.807) is 0 Å². The van der Waals surface area contributed by atoms with Gasteiger partial charge in [-0.05, 0) is 26.0 Å². The van der Waals surface area contributed by atoms with Gasteiger partial charge in [-0.3, -0.25) is 0 Å². The number of halogens is 1. The van der Waals surface area contributed by atoms with Crippen molar-refractivity contribution in [3.63, 3.8) is 0 Å². The Labute approximate surface area is 92.6 Å². The van der Waals surface area contributed by atoms with Gasteiger partial charge in [0.1, 0.15) is 0 Å². The van der Waals surface area contributed by atoms with E-state index in [0.717, 1.165) is 10.6 Å². The zero-order chi connectivity index (χ0) is 9.14. The van der Waals surface area contributed by atoms with E-state index in [1.165, 1.54) is 5.57 Å². The highest BCUT2D eigenvalue weighted by molar-refractivity contribution is 14.1. The van der Waals surface area contributed by atoms with Crippen LogP contribution in [0, 0.1) is 0 Å². The molecule has 3 heteroatoms. The number of dihydropyridines is 1. The van der Waals surface area contributed by atoms with Gasteiger partial charge in [-0.1, -0.05) is 34.2 Å². The number of nitrogens with one attached hydrogen (secondary N) is 1. The molecule has 1 atom stereocenters. The van der Waals surface area contributed by atoms with Crippen molar-refractivity contribution in [2.75, 3.05) is 0 Å². The van der Waals surface area contributed by atoms with Crippen LogP contribution in [0.15, 0.2) is 34.4 Å². The van der Waals surface area contributed by atoms with E-state index >= 15 is 0 Å². The SMILES string of the molecule is C/C=C(\S)C1=CC(C)=CC(I)N1. The van der Waals surface area contributed by atoms with Crippen LogP contribution in [0.3, 0.4) is 0 Å². The number of hydrogen-bond acceptors (Lipinski definition) is 2. The maximum atomic E-state index is 4.35. The van der Waals surface area contributed by atoms with Crippen molar-refractivity contribution in [1.29, 1.82) is 0 Å². The molecule has 1 unspecified atom stereocenters. The molecule has 0 saturated carbocycles. The Morgan fingerprint density at radius 3 is 2.92 bits per heavy atom. The minimum atomic E-state index is 0.379. The zero-order valence-corrected chi connectivity index (χ0v) is 10.2. The van der Waals surface area contributed by atoms with Crippen LogP contribution in [0.25, 0.3) is 0 Å². The summed E-state index contributed by atoms with van der Waals surface area (Å²) in [7, 11) is 0. The fraction of sp³-hybridized carbons (Fsp3) is 0.333. The van der Waals surface area contributed by atoms with Crippen molar-refractivity contribution in [3.8, 4) is 0 Å². The maximum Gasteiger partial charge on any atom is 0.0972 e. The first kappa shape index (κ1) is 10.2. The highest BCUT2D eigenvalue weighted by atomic mass is 127. The molecule has 66 valence electrons. The first-order valence-corrected chi connectivity index (χ1v) is 5.49. The standard InChI is InChI=1S/C9H12INS/c1-3-8(12)7-4-6(2)5-9(10)11-7/h3-5,9,11-12H,1-2H3/b8-3-. The van der Waals surface area contributed by atoms with Crippen molar-refractivity contribution in [1.82, 2.24) is 5.32 Å². The molecule has 0 spiro atoms. The van der Waals surface area contributed by atoms with Crippen LogP contribution in [0.1, 0.15) is 13.8 Å². The van der Waals surface area contributed by atoms with E-state index in [1.807, 2.05) is 13.0 Å². The Hall–Kier alpha value is 0.1000. The van der Waals surface area contributed by atoms with Crippen LogP contribution in [0.5, 0.6) is 0 Å². The minimum Gasteiger partial charge on any atom is -0.369 e. The first-order chi connectivity index (χ1) is 5.63. The third-order valence-corrected chi connectivity index (χ3v) is 2.79. The highest BCUT2D eigenvalue weighted by Crippen LogP contribution is 2.20. The van der Waals surface area contributed by atoms with Gasteiger partial charge in [-0.15, -0.1) is 12.6 Å². The van der Waals surface area contributed by atoms with Crippen LogP contribution < -0.4 is 5.32 Å². The lowest BCUT2D eigenvalue weighted by Gasteiger charge is -2.19. The third-order valence-electron chi connectivity index (χ3n) is 1.62. The monoisotopic (exact) mass is 293 g/mol. The summed E-state index contributed by atoms with van der Waals surface area (Å²) in [4.78, 5) is 1.00. The second-order valence-corrected chi connectivity index (χ2v) is 4.51. The average molecular weight is 293 g/mol. The lowest BCUT2D eigenvalue weighted by atomic mass is 10.1. The molecule has 1 aliphatic rings. The topological polar surface area (TPSA) is 12.0 Å². The van der Waals surface area contributed by atoms with Crippen molar-refractivity contribution in [2.45, 2.75) is 17.9 Å². The molecule has 0 saturated heterocycles. The first-order valence-electron chi connectivity index (χ1n) is 3.80. The van der Waals surface area contributed by atoms with E-state index in [0.29, 0.717) is 4.05 Å². The Balaban J connectivity index is 2.87. The largest absolute Gasteiger partial charge is 0.369 e. The lowest BCUT2D eigenvalue weighted by molar-refractivity contribution is 0.879. The van der Waals surface area contributed by atoms with E-state index in [-0.39, 0.29) is 0 Å². The normalized spacial score (nSPS) is 24.3. The van der Waals surface area contributed by atoms with Crippen molar-refractivity contribution >= 4 is 35.2 Å². The molecule has 0 bridgehead atoms. The Morgan fingerprint density at radius 1 is 1.75 bits per heavy atom. The van der Waals surface area contributed by atoms with Gasteiger partial charge < -0.3 is 5.32 Å². The fourth-order valence-corrected chi connectivity index (χ4v) is 2.07. The van der Waals surface area contributed by atoms with E-state index in [4.69, 9.17) is 0 Å². The molecule has 0 aromatic rings. The summed E-state index contributed by atoms with van der Waals surface area (Å²) >= 11 is 6.70. The smallest absolute Gasteiger partial charge is 0.0972 e. The lowest BCUT2D eigenvalue weighted by Crippen LogP contribution is -2.24. The number of hydrogen-bond donors (Lipinski definition) is 2. The number of thiol groups is 1. The van der Waals surface area contributed by atoms with Gasteiger partial charge in [0.05, 0.1) is 4.05 Å². The molecule has 0 fully saturated rings. The molecule has 0 aromatic heterocycles. The van der Waals surface area contributed by atoms with Gasteiger partial charge in [0, 0.05) is 10.6 Å². The highest BCUT2D eigenvalue weighted by Gasteiger charge is 2.09. The Bertz CT molecular complexity index is 266. The molecule has 1 N–H and O–H groups in total. The average Bonchev–Trinajstić information content (AvgIpc) is 2.01. The van der Waals surface area contributed by atoms with Gasteiger partial charge >= 0.3 is 0 Å². The molecule has 0 aliphatic carbocycles.